The molecule has 0 fully saturated rings. The highest BCUT2D eigenvalue weighted by Crippen LogP contribution is 2.21. The summed E-state index contributed by atoms with van der Waals surface area (Å²) >= 11 is 5.48. The topological polar surface area (TPSA) is 74.8 Å². The molecule has 1 aromatic heterocycles. The summed E-state index contributed by atoms with van der Waals surface area (Å²) in [7, 11) is -3.75. The van der Waals surface area contributed by atoms with E-state index in [0.29, 0.717) is 0 Å². The second-order valence-corrected chi connectivity index (χ2v) is 5.26. The molecule has 0 aliphatic carbocycles. The number of aromatic nitrogens is 2. The van der Waals surface area contributed by atoms with Gasteiger partial charge in [0, 0.05) is 6.20 Å². The van der Waals surface area contributed by atoms with Crippen LogP contribution in [0, 0.1) is 5.82 Å². The molecule has 0 bridgehead atoms. The zero-order valence-electron chi connectivity index (χ0n) is 8.31. The fourth-order valence-electron chi connectivity index (χ4n) is 1.16. The SMILES string of the molecule is O=S(=O)(Nc1ccc(Cl)c(F)c1)c1cn[nH]c1. The van der Waals surface area contributed by atoms with Gasteiger partial charge in [0.2, 0.25) is 0 Å². The average molecular weight is 276 g/mol. The summed E-state index contributed by atoms with van der Waals surface area (Å²) in [5.41, 5.74) is 0.0908. The Kier molecular flexibility index (Phi) is 3.03. The average Bonchev–Trinajstić information content (AvgIpc) is 2.77. The van der Waals surface area contributed by atoms with E-state index >= 15 is 0 Å². The first-order chi connectivity index (χ1) is 7.99. The Morgan fingerprint density at radius 2 is 2.18 bits per heavy atom. The van der Waals surface area contributed by atoms with E-state index in [2.05, 4.69) is 14.9 Å². The summed E-state index contributed by atoms with van der Waals surface area (Å²) in [6.07, 6.45) is 2.36. The molecular formula is C9H7ClFN3O2S. The molecule has 1 heterocycles. The van der Waals surface area contributed by atoms with Gasteiger partial charge in [-0.1, -0.05) is 11.6 Å². The quantitative estimate of drug-likeness (QED) is 0.900. The number of sulfonamides is 1. The van der Waals surface area contributed by atoms with Crippen LogP contribution >= 0.6 is 11.6 Å². The van der Waals surface area contributed by atoms with Crippen molar-refractivity contribution in [1.29, 1.82) is 0 Å². The van der Waals surface area contributed by atoms with E-state index in [0.717, 1.165) is 12.3 Å². The molecular weight excluding hydrogens is 269 g/mol. The Hall–Kier alpha value is -1.60. The lowest BCUT2D eigenvalue weighted by atomic mass is 10.3. The van der Waals surface area contributed by atoms with Gasteiger partial charge < -0.3 is 0 Å². The van der Waals surface area contributed by atoms with Gasteiger partial charge in [-0.3, -0.25) is 9.82 Å². The number of hydrogen-bond acceptors (Lipinski definition) is 3. The van der Waals surface area contributed by atoms with Crippen LogP contribution in [-0.2, 0) is 10.0 Å². The number of rotatable bonds is 3. The van der Waals surface area contributed by atoms with E-state index in [1.807, 2.05) is 0 Å². The molecule has 0 spiro atoms. The van der Waals surface area contributed by atoms with E-state index in [4.69, 9.17) is 11.6 Å². The normalized spacial score (nSPS) is 11.4. The van der Waals surface area contributed by atoms with Gasteiger partial charge >= 0.3 is 0 Å². The van der Waals surface area contributed by atoms with Gasteiger partial charge in [-0.2, -0.15) is 5.10 Å². The zero-order valence-corrected chi connectivity index (χ0v) is 9.89. The first-order valence-electron chi connectivity index (χ1n) is 4.46. The molecule has 0 aliphatic rings. The fraction of sp³-hybridized carbons (Fsp3) is 0. The van der Waals surface area contributed by atoms with Crippen LogP contribution in [0.25, 0.3) is 0 Å². The van der Waals surface area contributed by atoms with Crippen LogP contribution in [0.2, 0.25) is 5.02 Å². The summed E-state index contributed by atoms with van der Waals surface area (Å²) in [6, 6.07) is 3.63. The molecule has 0 saturated carbocycles. The molecule has 2 rings (SSSR count). The van der Waals surface area contributed by atoms with Gasteiger partial charge in [-0.15, -0.1) is 0 Å². The van der Waals surface area contributed by atoms with Crippen molar-refractivity contribution in [2.75, 3.05) is 4.72 Å². The predicted molar refractivity (Wildman–Crippen MR) is 60.8 cm³/mol. The minimum Gasteiger partial charge on any atom is -0.284 e. The van der Waals surface area contributed by atoms with E-state index in [9.17, 15) is 12.8 Å². The maximum Gasteiger partial charge on any atom is 0.265 e. The van der Waals surface area contributed by atoms with Gasteiger partial charge in [0.05, 0.1) is 16.9 Å². The highest BCUT2D eigenvalue weighted by molar-refractivity contribution is 7.92. The molecule has 0 atom stereocenters. The maximum atomic E-state index is 13.1. The third-order valence-electron chi connectivity index (χ3n) is 1.96. The second-order valence-electron chi connectivity index (χ2n) is 3.17. The van der Waals surface area contributed by atoms with Gasteiger partial charge in [-0.05, 0) is 18.2 Å². The Bertz CT molecular complexity index is 628. The molecule has 0 amide bonds. The van der Waals surface area contributed by atoms with Crippen LogP contribution in [0.5, 0.6) is 0 Å². The number of hydrogen-bond donors (Lipinski definition) is 2. The molecule has 1 aromatic carbocycles. The van der Waals surface area contributed by atoms with Crippen LogP contribution in [-0.4, -0.2) is 18.6 Å². The molecule has 0 radical (unpaired) electrons. The molecule has 2 aromatic rings. The predicted octanol–water partition coefficient (Wildman–Crippen LogP) is 2.00. The van der Waals surface area contributed by atoms with E-state index in [1.54, 1.807) is 0 Å². The lowest BCUT2D eigenvalue weighted by Gasteiger charge is -2.06. The number of benzene rings is 1. The smallest absolute Gasteiger partial charge is 0.265 e. The number of halogens is 2. The van der Waals surface area contributed by atoms with Crippen LogP contribution in [0.1, 0.15) is 0 Å². The first kappa shape index (κ1) is 11.9. The van der Waals surface area contributed by atoms with Crippen LogP contribution < -0.4 is 4.72 Å². The van der Waals surface area contributed by atoms with E-state index in [1.165, 1.54) is 18.3 Å². The van der Waals surface area contributed by atoms with Crippen molar-refractivity contribution in [2.24, 2.45) is 0 Å². The van der Waals surface area contributed by atoms with Crippen molar-refractivity contribution in [1.82, 2.24) is 10.2 Å². The number of nitrogens with one attached hydrogen (secondary N) is 2. The molecule has 90 valence electrons. The Morgan fingerprint density at radius 3 is 2.76 bits per heavy atom. The summed E-state index contributed by atoms with van der Waals surface area (Å²) < 4.78 is 38.8. The summed E-state index contributed by atoms with van der Waals surface area (Å²) in [5.74, 6) is -0.695. The summed E-state index contributed by atoms with van der Waals surface area (Å²) in [5, 5.41) is 5.83. The second kappa shape index (κ2) is 4.34. The van der Waals surface area contributed by atoms with Crippen molar-refractivity contribution in [2.45, 2.75) is 4.90 Å². The Balaban J connectivity index is 2.30. The maximum absolute atomic E-state index is 13.1. The minimum absolute atomic E-state index is 0.0344. The Labute approximate surface area is 102 Å². The van der Waals surface area contributed by atoms with Gasteiger partial charge in [0.25, 0.3) is 10.0 Å². The summed E-state index contributed by atoms with van der Waals surface area (Å²) in [6.45, 7) is 0. The van der Waals surface area contributed by atoms with Crippen molar-refractivity contribution < 1.29 is 12.8 Å². The lowest BCUT2D eigenvalue weighted by Crippen LogP contribution is -2.12. The summed E-state index contributed by atoms with van der Waals surface area (Å²) in [4.78, 5) is -0.0344. The van der Waals surface area contributed by atoms with Crippen molar-refractivity contribution in [3.63, 3.8) is 0 Å². The first-order valence-corrected chi connectivity index (χ1v) is 6.32. The van der Waals surface area contributed by atoms with E-state index < -0.39 is 15.8 Å². The zero-order chi connectivity index (χ0) is 12.5. The molecule has 5 nitrogen and oxygen atoms in total. The van der Waals surface area contributed by atoms with Gasteiger partial charge in [0.15, 0.2) is 0 Å². The molecule has 0 aliphatic heterocycles. The standard InChI is InChI=1S/C9H7ClFN3O2S/c10-8-2-1-6(3-9(8)11)14-17(15,16)7-4-12-13-5-7/h1-5,14H,(H,12,13). The van der Waals surface area contributed by atoms with E-state index in [-0.39, 0.29) is 15.6 Å². The third-order valence-corrected chi connectivity index (χ3v) is 3.61. The number of H-pyrrole nitrogens is 1. The van der Waals surface area contributed by atoms with Crippen molar-refractivity contribution >= 4 is 27.3 Å². The van der Waals surface area contributed by atoms with Crippen LogP contribution in [0.4, 0.5) is 10.1 Å². The number of anilines is 1. The van der Waals surface area contributed by atoms with Crippen LogP contribution in [0.15, 0.2) is 35.5 Å². The van der Waals surface area contributed by atoms with Gasteiger partial charge in [0.1, 0.15) is 10.7 Å². The molecule has 17 heavy (non-hydrogen) atoms. The highest BCUT2D eigenvalue weighted by Gasteiger charge is 2.15. The van der Waals surface area contributed by atoms with Crippen molar-refractivity contribution in [3.8, 4) is 0 Å². The largest absolute Gasteiger partial charge is 0.284 e. The lowest BCUT2D eigenvalue weighted by molar-refractivity contribution is 0.601. The molecule has 0 saturated heterocycles. The number of aromatic amines is 1. The third kappa shape index (κ3) is 2.56. The number of nitrogens with zero attached hydrogens (tertiary/aromatic N) is 1. The molecule has 2 N–H and O–H groups in total. The molecule has 0 unspecified atom stereocenters. The minimum atomic E-state index is -3.75. The van der Waals surface area contributed by atoms with Crippen LogP contribution in [0.3, 0.4) is 0 Å². The van der Waals surface area contributed by atoms with Crippen molar-refractivity contribution in [3.05, 3.63) is 41.4 Å². The monoisotopic (exact) mass is 275 g/mol. The molecule has 8 heteroatoms. The fourth-order valence-corrected chi connectivity index (χ4v) is 2.23. The highest BCUT2D eigenvalue weighted by atomic mass is 35.5. The van der Waals surface area contributed by atoms with Gasteiger partial charge in [-0.25, -0.2) is 12.8 Å². The Morgan fingerprint density at radius 1 is 1.41 bits per heavy atom.